The molecule has 0 aliphatic carbocycles. The number of benzene rings is 2. The summed E-state index contributed by atoms with van der Waals surface area (Å²) in [6, 6.07) is 30.6. The van der Waals surface area contributed by atoms with E-state index in [1.54, 1.807) is 0 Å². The van der Waals surface area contributed by atoms with E-state index in [1.807, 2.05) is 109 Å². The number of aromatic nitrogens is 7. The Morgan fingerprint density at radius 1 is 0.750 bits per heavy atom. The average molecular weight is 822 g/mol. The molecule has 60 heavy (non-hydrogen) atoms. The molecule has 0 amide bonds. The summed E-state index contributed by atoms with van der Waals surface area (Å²) in [5.41, 5.74) is 7.19. The smallest absolute Gasteiger partial charge is 0.399 e. The van der Waals surface area contributed by atoms with Crippen molar-refractivity contribution in [1.29, 1.82) is 0 Å². The molecule has 7 aromatic rings. The van der Waals surface area contributed by atoms with Crippen molar-refractivity contribution >= 4 is 45.2 Å². The van der Waals surface area contributed by atoms with Gasteiger partial charge in [0.25, 0.3) is 0 Å². The number of pyridine rings is 3. The Morgan fingerprint density at radius 2 is 1.30 bits per heavy atom. The van der Waals surface area contributed by atoms with Gasteiger partial charge in [-0.05, 0) is 122 Å². The van der Waals surface area contributed by atoms with Crippen LogP contribution in [0.2, 0.25) is 0 Å². The third kappa shape index (κ3) is 9.06. The lowest BCUT2D eigenvalue weighted by atomic mass is 9.79. The van der Waals surface area contributed by atoms with Crippen molar-refractivity contribution in [1.82, 2.24) is 34.5 Å². The SMILES string of the molecule is C=CC[C@H](C[S@@](=O)C(C)(C)C)c1cccc(-c2ccc3cnn(-c4cccc(CC)n4)c3c2)n1.CCc1cccc(-n2ncc3ccc(B4OC(C)(C)C(C)(C)O4)cc32)n1. The van der Waals surface area contributed by atoms with Crippen molar-refractivity contribution in [2.24, 2.45) is 0 Å². The first kappa shape index (κ1) is 42.8. The maximum atomic E-state index is 12.8. The predicted molar refractivity (Wildman–Crippen MR) is 246 cm³/mol. The van der Waals surface area contributed by atoms with Crippen LogP contribution >= 0.6 is 0 Å². The van der Waals surface area contributed by atoms with E-state index in [0.29, 0.717) is 5.75 Å². The van der Waals surface area contributed by atoms with Gasteiger partial charge in [-0.3, -0.25) is 9.19 Å². The fraction of sp³-hybridized carbons (Fsp3) is 0.354. The Balaban J connectivity index is 0.000000188. The summed E-state index contributed by atoms with van der Waals surface area (Å²) in [7, 11) is -1.35. The molecule has 0 radical (unpaired) electrons. The van der Waals surface area contributed by atoms with Gasteiger partial charge in [0.1, 0.15) is 0 Å². The number of nitrogens with zero attached hydrogens (tertiary/aromatic N) is 7. The zero-order valence-electron chi connectivity index (χ0n) is 36.3. The molecule has 5 aromatic heterocycles. The Morgan fingerprint density at radius 3 is 1.85 bits per heavy atom. The molecule has 0 spiro atoms. The number of hydrogen-bond acceptors (Lipinski definition) is 8. The standard InChI is InChI=1S/C28H32N4OS.C20H24BN3O2/c1-6-10-22(19-34(33)28(3,4)5)25-13-9-12-24(31-25)20-15-16-21-18-29-32(26(21)17-20)27-14-8-11-23(7-2)30-27;1-6-16-8-7-9-18(23-16)24-17-12-15(11-10-14(17)13-22-24)21-25-19(2,3)20(4,5)26-21/h6,8-9,11-18,22H,1,7,10,19H2,2-5H3;7-13H,6H2,1-5H3/t22-,34-;/m1./s1. The molecule has 2 aromatic carbocycles. The topological polar surface area (TPSA) is 110 Å². The Labute approximate surface area is 357 Å². The summed E-state index contributed by atoms with van der Waals surface area (Å²) in [6.45, 7) is 22.4. The van der Waals surface area contributed by atoms with Crippen LogP contribution < -0.4 is 5.46 Å². The van der Waals surface area contributed by atoms with Crippen LogP contribution in [0.5, 0.6) is 0 Å². The van der Waals surface area contributed by atoms with Crippen molar-refractivity contribution in [3.8, 4) is 22.9 Å². The zero-order chi connectivity index (χ0) is 42.8. The molecule has 10 nitrogen and oxygen atoms in total. The molecule has 6 heterocycles. The third-order valence-corrected chi connectivity index (χ3v) is 13.5. The monoisotopic (exact) mass is 821 g/mol. The molecule has 2 atom stereocenters. The molecule has 0 bridgehead atoms. The quantitative estimate of drug-likeness (QED) is 0.0938. The van der Waals surface area contributed by atoms with Crippen LogP contribution in [0.15, 0.2) is 116 Å². The fourth-order valence-corrected chi connectivity index (χ4v) is 8.19. The van der Waals surface area contributed by atoms with Gasteiger partial charge in [0.05, 0.1) is 40.3 Å². The number of aryl methyl sites for hydroxylation is 2. The van der Waals surface area contributed by atoms with E-state index in [1.165, 1.54) is 0 Å². The van der Waals surface area contributed by atoms with Crippen LogP contribution in [-0.4, -0.2) is 67.5 Å². The molecular formula is C48H56BN7O3S. The zero-order valence-corrected chi connectivity index (χ0v) is 37.2. The molecule has 8 rings (SSSR count). The second-order valence-electron chi connectivity index (χ2n) is 17.3. The minimum Gasteiger partial charge on any atom is -0.399 e. The van der Waals surface area contributed by atoms with Gasteiger partial charge in [0, 0.05) is 60.6 Å². The summed E-state index contributed by atoms with van der Waals surface area (Å²) in [4.78, 5) is 14.4. The lowest BCUT2D eigenvalue weighted by Crippen LogP contribution is -2.41. The van der Waals surface area contributed by atoms with E-state index < -0.39 is 10.8 Å². The average Bonchev–Trinajstić information content (AvgIpc) is 3.92. The molecule has 0 unspecified atom stereocenters. The second kappa shape index (κ2) is 17.4. The van der Waals surface area contributed by atoms with Crippen molar-refractivity contribution in [2.45, 2.75) is 103 Å². The molecule has 1 fully saturated rings. The third-order valence-electron chi connectivity index (χ3n) is 11.4. The van der Waals surface area contributed by atoms with Crippen LogP contribution in [0.4, 0.5) is 0 Å². The van der Waals surface area contributed by atoms with Crippen molar-refractivity contribution in [3.05, 3.63) is 133 Å². The molecule has 310 valence electrons. The van der Waals surface area contributed by atoms with Gasteiger partial charge >= 0.3 is 7.12 Å². The second-order valence-corrected chi connectivity index (χ2v) is 19.5. The maximum Gasteiger partial charge on any atom is 0.494 e. The van der Waals surface area contributed by atoms with Crippen LogP contribution in [0.3, 0.4) is 0 Å². The normalized spacial score (nSPS) is 15.8. The van der Waals surface area contributed by atoms with E-state index in [2.05, 4.69) is 88.7 Å². The van der Waals surface area contributed by atoms with Crippen LogP contribution in [-0.2, 0) is 32.9 Å². The number of hydrogen-bond donors (Lipinski definition) is 0. The fourth-order valence-electron chi connectivity index (χ4n) is 7.02. The molecule has 0 saturated carbocycles. The highest BCUT2D eigenvalue weighted by atomic mass is 32.2. The largest absolute Gasteiger partial charge is 0.494 e. The van der Waals surface area contributed by atoms with Crippen LogP contribution in [0.1, 0.15) is 91.7 Å². The summed E-state index contributed by atoms with van der Waals surface area (Å²) in [5.74, 6) is 2.26. The molecule has 0 N–H and O–H groups in total. The highest BCUT2D eigenvalue weighted by Gasteiger charge is 2.51. The van der Waals surface area contributed by atoms with E-state index in [-0.39, 0.29) is 29.0 Å². The first-order valence-electron chi connectivity index (χ1n) is 20.8. The van der Waals surface area contributed by atoms with Crippen molar-refractivity contribution < 1.29 is 13.5 Å². The highest BCUT2D eigenvalue weighted by Crippen LogP contribution is 2.37. The van der Waals surface area contributed by atoms with Gasteiger partial charge in [-0.15, -0.1) is 6.58 Å². The number of rotatable bonds is 11. The van der Waals surface area contributed by atoms with E-state index >= 15 is 0 Å². The number of fused-ring (bicyclic) bond motifs is 2. The minimum atomic E-state index is -0.967. The summed E-state index contributed by atoms with van der Waals surface area (Å²) in [5, 5.41) is 11.2. The van der Waals surface area contributed by atoms with Crippen LogP contribution in [0, 0.1) is 0 Å². The molecule has 1 saturated heterocycles. The highest BCUT2D eigenvalue weighted by molar-refractivity contribution is 7.86. The van der Waals surface area contributed by atoms with Crippen molar-refractivity contribution in [2.75, 3.05) is 5.75 Å². The Bertz CT molecular complexity index is 2650. The first-order chi connectivity index (χ1) is 28.6. The Hall–Kier alpha value is -5.30. The summed E-state index contributed by atoms with van der Waals surface area (Å²) in [6.07, 6.45) is 8.13. The molecule has 1 aliphatic rings. The molecule has 12 heteroatoms. The van der Waals surface area contributed by atoms with Crippen LogP contribution in [0.25, 0.3) is 44.7 Å². The van der Waals surface area contributed by atoms with E-state index in [0.717, 1.165) is 86.5 Å². The van der Waals surface area contributed by atoms with E-state index in [9.17, 15) is 4.21 Å². The summed E-state index contributed by atoms with van der Waals surface area (Å²) >= 11 is 0. The molecular weight excluding hydrogens is 765 g/mol. The van der Waals surface area contributed by atoms with Gasteiger partial charge in [-0.2, -0.15) is 10.2 Å². The maximum absolute atomic E-state index is 12.8. The lowest BCUT2D eigenvalue weighted by Gasteiger charge is -2.32. The molecule has 1 aliphatic heterocycles. The first-order valence-corrected chi connectivity index (χ1v) is 22.1. The van der Waals surface area contributed by atoms with Gasteiger partial charge in [-0.25, -0.2) is 19.3 Å². The van der Waals surface area contributed by atoms with Gasteiger partial charge in [0.15, 0.2) is 11.6 Å². The lowest BCUT2D eigenvalue weighted by molar-refractivity contribution is 0.00578. The summed E-state index contributed by atoms with van der Waals surface area (Å²) < 4.78 is 28.7. The number of allylic oxidation sites excluding steroid dienone is 1. The van der Waals surface area contributed by atoms with Gasteiger partial charge in [-0.1, -0.05) is 62.4 Å². The minimum absolute atomic E-state index is 0.0627. The van der Waals surface area contributed by atoms with Crippen molar-refractivity contribution in [3.63, 3.8) is 0 Å². The van der Waals surface area contributed by atoms with Gasteiger partial charge in [0.2, 0.25) is 0 Å². The predicted octanol–water partition coefficient (Wildman–Crippen LogP) is 9.53. The Kier molecular flexibility index (Phi) is 12.4. The van der Waals surface area contributed by atoms with E-state index in [4.69, 9.17) is 24.3 Å². The van der Waals surface area contributed by atoms with Gasteiger partial charge < -0.3 is 9.31 Å².